The van der Waals surface area contributed by atoms with E-state index in [0.29, 0.717) is 5.56 Å². The van der Waals surface area contributed by atoms with Gasteiger partial charge in [-0.3, -0.25) is 10.0 Å². The molecule has 70 valence electrons. The zero-order chi connectivity index (χ0) is 9.84. The molecule has 0 aliphatic rings. The van der Waals surface area contributed by atoms with Crippen LogP contribution in [-0.4, -0.2) is 11.1 Å². The second-order valence-electron chi connectivity index (χ2n) is 3.00. The van der Waals surface area contributed by atoms with Crippen molar-refractivity contribution >= 4 is 5.91 Å². The fraction of sp³-hybridized carbons (Fsp3) is 0.300. The summed E-state index contributed by atoms with van der Waals surface area (Å²) >= 11 is 0. The van der Waals surface area contributed by atoms with Crippen molar-refractivity contribution in [2.75, 3.05) is 0 Å². The van der Waals surface area contributed by atoms with Crippen molar-refractivity contribution in [1.82, 2.24) is 5.48 Å². The van der Waals surface area contributed by atoms with Gasteiger partial charge >= 0.3 is 0 Å². The molecule has 0 aliphatic carbocycles. The average molecular weight is 179 g/mol. The number of carbonyl (C=O) groups is 1. The van der Waals surface area contributed by atoms with E-state index in [4.69, 9.17) is 5.21 Å². The Balaban J connectivity index is 3.08. The highest BCUT2D eigenvalue weighted by atomic mass is 16.5. The second kappa shape index (κ2) is 4.05. The summed E-state index contributed by atoms with van der Waals surface area (Å²) in [5.41, 5.74) is 4.24. The minimum atomic E-state index is -0.460. The lowest BCUT2D eigenvalue weighted by Gasteiger charge is -2.03. The first-order valence-electron chi connectivity index (χ1n) is 4.22. The van der Waals surface area contributed by atoms with Gasteiger partial charge in [0.05, 0.1) is 0 Å². The number of amides is 1. The van der Waals surface area contributed by atoms with Gasteiger partial charge in [0.2, 0.25) is 0 Å². The maximum absolute atomic E-state index is 11.1. The smallest absolute Gasteiger partial charge is 0.274 e. The number of nitrogens with one attached hydrogen (secondary N) is 1. The number of hydrogen-bond donors (Lipinski definition) is 2. The number of rotatable bonds is 2. The van der Waals surface area contributed by atoms with E-state index >= 15 is 0 Å². The molecule has 0 saturated carbocycles. The van der Waals surface area contributed by atoms with Gasteiger partial charge in [-0.15, -0.1) is 0 Å². The summed E-state index contributed by atoms with van der Waals surface area (Å²) in [5, 5.41) is 8.44. The van der Waals surface area contributed by atoms with Gasteiger partial charge in [0, 0.05) is 5.56 Å². The lowest BCUT2D eigenvalue weighted by molar-refractivity contribution is 0.0706. The summed E-state index contributed by atoms with van der Waals surface area (Å²) in [4.78, 5) is 11.1. The van der Waals surface area contributed by atoms with E-state index in [1.165, 1.54) is 0 Å². The van der Waals surface area contributed by atoms with Gasteiger partial charge in [0.1, 0.15) is 0 Å². The zero-order valence-electron chi connectivity index (χ0n) is 7.79. The molecular weight excluding hydrogens is 166 g/mol. The van der Waals surface area contributed by atoms with Crippen molar-refractivity contribution in [3.63, 3.8) is 0 Å². The van der Waals surface area contributed by atoms with E-state index in [2.05, 4.69) is 0 Å². The van der Waals surface area contributed by atoms with Crippen molar-refractivity contribution in [2.45, 2.75) is 20.3 Å². The maximum Gasteiger partial charge on any atom is 0.274 e. The zero-order valence-corrected chi connectivity index (χ0v) is 7.79. The van der Waals surface area contributed by atoms with E-state index in [0.717, 1.165) is 17.5 Å². The summed E-state index contributed by atoms with van der Waals surface area (Å²) in [5.74, 6) is -0.460. The molecule has 0 aromatic heterocycles. The van der Waals surface area contributed by atoms with Gasteiger partial charge in [0.25, 0.3) is 5.91 Å². The highest BCUT2D eigenvalue weighted by Gasteiger charge is 2.04. The minimum absolute atomic E-state index is 0.460. The first-order valence-corrected chi connectivity index (χ1v) is 4.22. The van der Waals surface area contributed by atoms with Crippen molar-refractivity contribution in [3.8, 4) is 0 Å². The molecule has 0 heterocycles. The van der Waals surface area contributed by atoms with Crippen LogP contribution in [0.3, 0.4) is 0 Å². The van der Waals surface area contributed by atoms with Crippen molar-refractivity contribution < 1.29 is 10.0 Å². The first kappa shape index (κ1) is 9.74. The quantitative estimate of drug-likeness (QED) is 0.536. The van der Waals surface area contributed by atoms with Crippen molar-refractivity contribution in [3.05, 3.63) is 34.9 Å². The molecule has 1 rings (SSSR count). The Morgan fingerprint density at radius 3 is 2.69 bits per heavy atom. The number of benzene rings is 1. The van der Waals surface area contributed by atoms with Crippen LogP contribution in [0.1, 0.15) is 28.4 Å². The number of carbonyl (C=O) groups excluding carboxylic acids is 1. The van der Waals surface area contributed by atoms with Gasteiger partial charge < -0.3 is 0 Å². The summed E-state index contributed by atoms with van der Waals surface area (Å²) in [6.07, 6.45) is 0.882. The Bertz CT molecular complexity index is 321. The molecule has 2 N–H and O–H groups in total. The van der Waals surface area contributed by atoms with Crippen molar-refractivity contribution in [1.29, 1.82) is 0 Å². The summed E-state index contributed by atoms with van der Waals surface area (Å²) in [6.45, 7) is 3.95. The normalized spacial score (nSPS) is 9.77. The van der Waals surface area contributed by atoms with E-state index in [-0.39, 0.29) is 0 Å². The van der Waals surface area contributed by atoms with E-state index < -0.39 is 5.91 Å². The molecule has 1 aromatic carbocycles. The number of hydroxylamine groups is 1. The highest BCUT2D eigenvalue weighted by Crippen LogP contribution is 2.10. The Labute approximate surface area is 77.4 Å². The van der Waals surface area contributed by atoms with Crippen LogP contribution in [0, 0.1) is 6.92 Å². The number of hydrogen-bond acceptors (Lipinski definition) is 2. The molecule has 1 aromatic rings. The van der Waals surface area contributed by atoms with E-state index in [9.17, 15) is 4.79 Å². The maximum atomic E-state index is 11.1. The van der Waals surface area contributed by atoms with Gasteiger partial charge in [-0.2, -0.15) is 0 Å². The number of aryl methyl sites for hydroxylation is 2. The van der Waals surface area contributed by atoms with Crippen LogP contribution in [0.4, 0.5) is 0 Å². The molecule has 0 unspecified atom stereocenters. The van der Waals surface area contributed by atoms with Gasteiger partial charge in [0.15, 0.2) is 0 Å². The molecule has 1 amide bonds. The predicted octanol–water partition coefficient (Wildman–Crippen LogP) is 1.68. The lowest BCUT2D eigenvalue weighted by Crippen LogP contribution is -2.18. The predicted molar refractivity (Wildman–Crippen MR) is 49.8 cm³/mol. The fourth-order valence-corrected chi connectivity index (χ4v) is 1.26. The van der Waals surface area contributed by atoms with Crippen molar-refractivity contribution in [2.24, 2.45) is 0 Å². The molecule has 0 aliphatic heterocycles. The largest absolute Gasteiger partial charge is 0.288 e. The summed E-state index contributed by atoms with van der Waals surface area (Å²) in [7, 11) is 0. The molecule has 0 saturated heterocycles. The van der Waals surface area contributed by atoms with Crippen LogP contribution in [0.2, 0.25) is 0 Å². The topological polar surface area (TPSA) is 49.3 Å². The van der Waals surface area contributed by atoms with Gasteiger partial charge in [-0.25, -0.2) is 5.48 Å². The Hall–Kier alpha value is -1.35. The molecule has 0 atom stereocenters. The Morgan fingerprint density at radius 1 is 1.46 bits per heavy atom. The van der Waals surface area contributed by atoms with Crippen LogP contribution < -0.4 is 5.48 Å². The molecule has 0 radical (unpaired) electrons. The van der Waals surface area contributed by atoms with Crippen LogP contribution in [0.5, 0.6) is 0 Å². The molecule has 0 fully saturated rings. The molecular formula is C10H13NO2. The highest BCUT2D eigenvalue weighted by molar-refractivity contribution is 5.93. The van der Waals surface area contributed by atoms with E-state index in [1.54, 1.807) is 17.6 Å². The molecule has 0 bridgehead atoms. The van der Waals surface area contributed by atoms with Gasteiger partial charge in [-0.05, 0) is 31.0 Å². The standard InChI is InChI=1S/C10H13NO2/c1-3-8-4-7(2)5-9(6-8)10(12)11-13/h4-6,13H,3H2,1-2H3,(H,11,12). The Kier molecular flexibility index (Phi) is 3.03. The van der Waals surface area contributed by atoms with Crippen LogP contribution in [-0.2, 0) is 6.42 Å². The monoisotopic (exact) mass is 179 g/mol. The van der Waals surface area contributed by atoms with E-state index in [1.807, 2.05) is 19.9 Å². The lowest BCUT2D eigenvalue weighted by atomic mass is 10.0. The Morgan fingerprint density at radius 2 is 2.15 bits per heavy atom. The molecule has 3 nitrogen and oxygen atoms in total. The van der Waals surface area contributed by atoms with Crippen LogP contribution in [0.25, 0.3) is 0 Å². The molecule has 13 heavy (non-hydrogen) atoms. The SMILES string of the molecule is CCc1cc(C)cc(C(=O)NO)c1. The summed E-state index contributed by atoms with van der Waals surface area (Å²) < 4.78 is 0. The van der Waals surface area contributed by atoms with Crippen LogP contribution >= 0.6 is 0 Å². The average Bonchev–Trinajstić information content (AvgIpc) is 2.15. The summed E-state index contributed by atoms with van der Waals surface area (Å²) in [6, 6.07) is 5.54. The second-order valence-corrected chi connectivity index (χ2v) is 3.00. The molecule has 3 heteroatoms. The minimum Gasteiger partial charge on any atom is -0.288 e. The first-order chi connectivity index (χ1) is 6.17. The fourth-order valence-electron chi connectivity index (χ4n) is 1.26. The third-order valence-corrected chi connectivity index (χ3v) is 1.91. The third kappa shape index (κ3) is 2.29. The van der Waals surface area contributed by atoms with Crippen LogP contribution in [0.15, 0.2) is 18.2 Å². The van der Waals surface area contributed by atoms with Gasteiger partial charge in [-0.1, -0.05) is 18.6 Å². The third-order valence-electron chi connectivity index (χ3n) is 1.91. The molecule has 0 spiro atoms.